The quantitative estimate of drug-likeness (QED) is 0.806. The van der Waals surface area contributed by atoms with Gasteiger partial charge in [-0.15, -0.1) is 0 Å². The largest absolute Gasteiger partial charge is 0.372 e. The zero-order valence-electron chi connectivity index (χ0n) is 9.78. The lowest BCUT2D eigenvalue weighted by atomic mass is 9.93. The van der Waals surface area contributed by atoms with Crippen LogP contribution in [0.2, 0.25) is 0 Å². The molecule has 1 aromatic rings. The van der Waals surface area contributed by atoms with Gasteiger partial charge in [0.25, 0.3) is 5.89 Å². The van der Waals surface area contributed by atoms with E-state index in [2.05, 4.69) is 10.1 Å². The molecule has 1 rings (SSSR count). The van der Waals surface area contributed by atoms with Crippen molar-refractivity contribution in [2.75, 3.05) is 7.11 Å². The fourth-order valence-electron chi connectivity index (χ4n) is 1.27. The second-order valence-corrected chi connectivity index (χ2v) is 3.70. The number of ether oxygens (including phenoxy) is 1. The van der Waals surface area contributed by atoms with Crippen molar-refractivity contribution in [1.29, 1.82) is 0 Å². The van der Waals surface area contributed by atoms with Crippen LogP contribution in [0.5, 0.6) is 0 Å². The fourth-order valence-corrected chi connectivity index (χ4v) is 1.27. The van der Waals surface area contributed by atoms with Gasteiger partial charge in [-0.25, -0.2) is 0 Å². The first-order valence-corrected chi connectivity index (χ1v) is 5.23. The molecule has 0 spiro atoms. The molecule has 5 heteroatoms. The Morgan fingerprint density at radius 3 is 2.53 bits per heavy atom. The van der Waals surface area contributed by atoms with E-state index < -0.39 is 5.54 Å². The Morgan fingerprint density at radius 2 is 2.07 bits per heavy atom. The Hall–Kier alpha value is -0.940. The van der Waals surface area contributed by atoms with E-state index in [4.69, 9.17) is 15.0 Å². The molecule has 86 valence electrons. The summed E-state index contributed by atoms with van der Waals surface area (Å²) >= 11 is 0. The Kier molecular flexibility index (Phi) is 3.82. The van der Waals surface area contributed by atoms with E-state index in [9.17, 15) is 0 Å². The Bertz CT molecular complexity index is 307. The number of aromatic nitrogens is 2. The second-order valence-electron chi connectivity index (χ2n) is 3.70. The normalized spacial score (nSPS) is 14.2. The highest BCUT2D eigenvalue weighted by Gasteiger charge is 2.29. The molecule has 1 unspecified atom stereocenters. The molecule has 0 amide bonds. The summed E-state index contributed by atoms with van der Waals surface area (Å²) in [5.41, 5.74) is 5.66. The molecule has 15 heavy (non-hydrogen) atoms. The lowest BCUT2D eigenvalue weighted by molar-refractivity contribution is 0.0886. The number of rotatable bonds is 5. The van der Waals surface area contributed by atoms with Crippen LogP contribution in [0, 0.1) is 0 Å². The highest BCUT2D eigenvalue weighted by Crippen LogP contribution is 2.24. The summed E-state index contributed by atoms with van der Waals surface area (Å²) in [6.45, 7) is 5.88. The first-order chi connectivity index (χ1) is 7.07. The van der Waals surface area contributed by atoms with E-state index >= 15 is 0 Å². The molecule has 0 aromatic carbocycles. The van der Waals surface area contributed by atoms with Crippen molar-refractivity contribution in [3.05, 3.63) is 11.7 Å². The summed E-state index contributed by atoms with van der Waals surface area (Å²) in [7, 11) is 1.60. The third kappa shape index (κ3) is 2.35. The van der Waals surface area contributed by atoms with Gasteiger partial charge in [0.2, 0.25) is 0 Å². The Balaban J connectivity index is 2.92. The van der Waals surface area contributed by atoms with Gasteiger partial charge in [0.05, 0.1) is 5.54 Å². The van der Waals surface area contributed by atoms with Crippen molar-refractivity contribution in [2.24, 2.45) is 5.73 Å². The van der Waals surface area contributed by atoms with Gasteiger partial charge in [-0.2, -0.15) is 4.98 Å². The van der Waals surface area contributed by atoms with E-state index in [1.807, 2.05) is 20.8 Å². The number of hydrogen-bond acceptors (Lipinski definition) is 5. The van der Waals surface area contributed by atoms with Crippen molar-refractivity contribution in [3.63, 3.8) is 0 Å². The molecule has 0 radical (unpaired) electrons. The molecule has 0 bridgehead atoms. The minimum absolute atomic E-state index is 0.191. The molecule has 5 nitrogen and oxygen atoms in total. The van der Waals surface area contributed by atoms with Crippen molar-refractivity contribution < 1.29 is 9.26 Å². The van der Waals surface area contributed by atoms with Gasteiger partial charge < -0.3 is 15.0 Å². The molecule has 2 N–H and O–H groups in total. The van der Waals surface area contributed by atoms with Crippen molar-refractivity contribution in [2.45, 2.75) is 45.3 Å². The van der Waals surface area contributed by atoms with E-state index in [-0.39, 0.29) is 6.10 Å². The summed E-state index contributed by atoms with van der Waals surface area (Å²) in [6, 6.07) is 0. The summed E-state index contributed by atoms with van der Waals surface area (Å²) in [5, 5.41) is 3.91. The Labute approximate surface area is 90.0 Å². The third-order valence-corrected chi connectivity index (χ3v) is 2.85. The van der Waals surface area contributed by atoms with E-state index in [0.29, 0.717) is 11.7 Å². The average Bonchev–Trinajstić information content (AvgIpc) is 2.76. The van der Waals surface area contributed by atoms with Gasteiger partial charge in [0.1, 0.15) is 6.10 Å². The zero-order chi connectivity index (χ0) is 11.5. The first-order valence-electron chi connectivity index (χ1n) is 5.23. The maximum absolute atomic E-state index is 6.15. The molecular formula is C10H19N3O2. The monoisotopic (exact) mass is 213 g/mol. The molecule has 1 heterocycles. The van der Waals surface area contributed by atoms with Crippen LogP contribution in [0.25, 0.3) is 0 Å². The molecule has 0 aliphatic heterocycles. The van der Waals surface area contributed by atoms with Gasteiger partial charge in [0.15, 0.2) is 5.82 Å². The van der Waals surface area contributed by atoms with Gasteiger partial charge in [0, 0.05) is 7.11 Å². The summed E-state index contributed by atoms with van der Waals surface area (Å²) in [6.07, 6.45) is 1.37. The minimum atomic E-state index is -0.491. The van der Waals surface area contributed by atoms with E-state index in [0.717, 1.165) is 12.8 Å². The highest BCUT2D eigenvalue weighted by molar-refractivity contribution is 5.03. The van der Waals surface area contributed by atoms with E-state index in [1.54, 1.807) is 7.11 Å². The van der Waals surface area contributed by atoms with Crippen LogP contribution in [0.15, 0.2) is 4.52 Å². The van der Waals surface area contributed by atoms with Crippen molar-refractivity contribution in [1.82, 2.24) is 10.1 Å². The predicted octanol–water partition coefficient (Wildman–Crippen LogP) is 1.75. The van der Waals surface area contributed by atoms with Crippen LogP contribution in [0.4, 0.5) is 0 Å². The average molecular weight is 213 g/mol. The smallest absolute Gasteiger partial charge is 0.255 e. The molecule has 0 aliphatic rings. The van der Waals surface area contributed by atoms with Crippen LogP contribution < -0.4 is 5.73 Å². The number of nitrogens with two attached hydrogens (primary N) is 1. The van der Waals surface area contributed by atoms with Gasteiger partial charge in [-0.05, 0) is 19.8 Å². The van der Waals surface area contributed by atoms with Crippen LogP contribution in [-0.2, 0) is 10.3 Å². The SMILES string of the molecule is CCC(N)(CC)c1noc(C(C)OC)n1. The van der Waals surface area contributed by atoms with Crippen molar-refractivity contribution in [3.8, 4) is 0 Å². The molecule has 0 fully saturated rings. The maximum Gasteiger partial charge on any atom is 0.255 e. The summed E-state index contributed by atoms with van der Waals surface area (Å²) in [4.78, 5) is 4.27. The zero-order valence-corrected chi connectivity index (χ0v) is 9.78. The number of methoxy groups -OCH3 is 1. The number of nitrogens with zero attached hydrogens (tertiary/aromatic N) is 2. The highest BCUT2D eigenvalue weighted by atomic mass is 16.5. The standard InChI is InChI=1S/C10H19N3O2/c1-5-10(11,6-2)9-12-8(15-13-9)7(3)14-4/h7H,5-6,11H2,1-4H3. The fraction of sp³-hybridized carbons (Fsp3) is 0.800. The maximum atomic E-state index is 6.15. The van der Waals surface area contributed by atoms with Crippen LogP contribution in [0.3, 0.4) is 0 Å². The van der Waals surface area contributed by atoms with Gasteiger partial charge in [-0.1, -0.05) is 19.0 Å². The van der Waals surface area contributed by atoms with Crippen LogP contribution in [0.1, 0.15) is 51.4 Å². The van der Waals surface area contributed by atoms with Gasteiger partial charge >= 0.3 is 0 Å². The van der Waals surface area contributed by atoms with Crippen molar-refractivity contribution >= 4 is 0 Å². The molecule has 0 saturated heterocycles. The molecule has 0 aliphatic carbocycles. The van der Waals surface area contributed by atoms with Gasteiger partial charge in [-0.3, -0.25) is 0 Å². The third-order valence-electron chi connectivity index (χ3n) is 2.85. The first kappa shape index (κ1) is 12.1. The molecule has 1 atom stereocenters. The molecular weight excluding hydrogens is 194 g/mol. The van der Waals surface area contributed by atoms with Crippen LogP contribution in [-0.4, -0.2) is 17.3 Å². The minimum Gasteiger partial charge on any atom is -0.372 e. The Morgan fingerprint density at radius 1 is 1.47 bits per heavy atom. The van der Waals surface area contributed by atoms with E-state index in [1.165, 1.54) is 0 Å². The summed E-state index contributed by atoms with van der Waals surface area (Å²) in [5.74, 6) is 1.04. The predicted molar refractivity (Wildman–Crippen MR) is 56.2 cm³/mol. The molecule has 1 aromatic heterocycles. The lowest BCUT2D eigenvalue weighted by Gasteiger charge is -2.21. The van der Waals surface area contributed by atoms with Crippen LogP contribution >= 0.6 is 0 Å². The lowest BCUT2D eigenvalue weighted by Crippen LogP contribution is -2.36. The number of hydrogen-bond donors (Lipinski definition) is 1. The summed E-state index contributed by atoms with van der Waals surface area (Å²) < 4.78 is 10.2. The second kappa shape index (κ2) is 4.72. The topological polar surface area (TPSA) is 74.2 Å². The molecule has 0 saturated carbocycles.